The molecule has 0 aliphatic heterocycles. The number of hydrogen-bond donors (Lipinski definition) is 4. The zero-order chi connectivity index (χ0) is 13.0. The molecule has 0 fully saturated rings. The monoisotopic (exact) mass is 250 g/mol. The predicted molar refractivity (Wildman–Crippen MR) is 76.8 cm³/mol. The van der Waals surface area contributed by atoms with Gasteiger partial charge in [-0.25, -0.2) is 0 Å². The number of aryl methyl sites for hydroxylation is 3. The zero-order valence-corrected chi connectivity index (χ0v) is 11.4. The summed E-state index contributed by atoms with van der Waals surface area (Å²) in [6, 6.07) is 4.20. The van der Waals surface area contributed by atoms with Gasteiger partial charge < -0.3 is 16.0 Å². The molecule has 1 aromatic carbocycles. The lowest BCUT2D eigenvalue weighted by molar-refractivity contribution is 1.07. The third-order valence-corrected chi connectivity index (χ3v) is 2.61. The Morgan fingerprint density at radius 2 is 1.71 bits per heavy atom. The van der Waals surface area contributed by atoms with Crippen LogP contribution in [0.3, 0.4) is 0 Å². The number of rotatable bonds is 1. The first-order valence-electron chi connectivity index (χ1n) is 5.36. The molecule has 0 aliphatic rings. The summed E-state index contributed by atoms with van der Waals surface area (Å²) in [7, 11) is 1.67. The summed E-state index contributed by atoms with van der Waals surface area (Å²) in [5.41, 5.74) is 4.51. The quantitative estimate of drug-likeness (QED) is 0.350. The van der Waals surface area contributed by atoms with Gasteiger partial charge in [-0.15, -0.1) is 0 Å². The molecule has 0 saturated carbocycles. The largest absolute Gasteiger partial charge is 0.359 e. The number of nitrogens with one attached hydrogen (secondary N) is 4. The first kappa shape index (κ1) is 13.4. The molecule has 92 valence electrons. The molecule has 4 N–H and O–H groups in total. The van der Waals surface area contributed by atoms with Crippen LogP contribution in [0.25, 0.3) is 0 Å². The van der Waals surface area contributed by atoms with Gasteiger partial charge >= 0.3 is 0 Å². The van der Waals surface area contributed by atoms with Gasteiger partial charge in [0.2, 0.25) is 0 Å². The minimum absolute atomic E-state index is 0.171. The van der Waals surface area contributed by atoms with Crippen LogP contribution in [0.15, 0.2) is 12.1 Å². The molecule has 0 saturated heterocycles. The third-order valence-electron chi connectivity index (χ3n) is 2.40. The molecule has 0 aromatic heterocycles. The number of thiocarbonyl (C=S) groups is 1. The first-order valence-corrected chi connectivity index (χ1v) is 5.77. The molecule has 0 bridgehead atoms. The lowest BCUT2D eigenvalue weighted by Gasteiger charge is -2.15. The Morgan fingerprint density at radius 1 is 1.18 bits per heavy atom. The predicted octanol–water partition coefficient (Wildman–Crippen LogP) is 2.05. The Labute approximate surface area is 107 Å². The summed E-state index contributed by atoms with van der Waals surface area (Å²) in [4.78, 5) is 0. The van der Waals surface area contributed by atoms with Crippen molar-refractivity contribution >= 4 is 29.0 Å². The Hall–Kier alpha value is -1.62. The summed E-state index contributed by atoms with van der Waals surface area (Å²) >= 11 is 5.13. The van der Waals surface area contributed by atoms with E-state index in [9.17, 15) is 0 Å². The van der Waals surface area contributed by atoms with Gasteiger partial charge in [0.1, 0.15) is 0 Å². The third kappa shape index (κ3) is 3.71. The maximum absolute atomic E-state index is 7.43. The normalized spacial score (nSPS) is 9.65. The lowest BCUT2D eigenvalue weighted by Crippen LogP contribution is -2.40. The van der Waals surface area contributed by atoms with Gasteiger partial charge in [0.05, 0.1) is 0 Å². The molecule has 0 radical (unpaired) electrons. The zero-order valence-electron chi connectivity index (χ0n) is 10.6. The Kier molecular flexibility index (Phi) is 4.45. The van der Waals surface area contributed by atoms with Crippen molar-refractivity contribution in [1.82, 2.24) is 10.6 Å². The van der Waals surface area contributed by atoms with Crippen molar-refractivity contribution in [3.05, 3.63) is 28.8 Å². The molecule has 17 heavy (non-hydrogen) atoms. The van der Waals surface area contributed by atoms with Gasteiger partial charge in [-0.2, -0.15) is 0 Å². The van der Waals surface area contributed by atoms with E-state index in [1.165, 1.54) is 5.56 Å². The van der Waals surface area contributed by atoms with Crippen LogP contribution in [0.1, 0.15) is 16.7 Å². The topological polar surface area (TPSA) is 59.9 Å². The smallest absolute Gasteiger partial charge is 0.194 e. The van der Waals surface area contributed by atoms with E-state index in [1.54, 1.807) is 7.05 Å². The highest BCUT2D eigenvalue weighted by Gasteiger charge is 2.06. The summed E-state index contributed by atoms with van der Waals surface area (Å²) in [5, 5.41) is 16.4. The maximum Gasteiger partial charge on any atom is 0.194 e. The van der Waals surface area contributed by atoms with Crippen molar-refractivity contribution in [1.29, 1.82) is 5.41 Å². The number of anilines is 1. The fourth-order valence-corrected chi connectivity index (χ4v) is 1.90. The molecule has 0 spiro atoms. The van der Waals surface area contributed by atoms with Crippen molar-refractivity contribution in [3.63, 3.8) is 0 Å². The summed E-state index contributed by atoms with van der Waals surface area (Å²) < 4.78 is 0. The van der Waals surface area contributed by atoms with Gasteiger partial charge in [-0.1, -0.05) is 17.7 Å². The molecular weight excluding hydrogens is 232 g/mol. The van der Waals surface area contributed by atoms with Crippen LogP contribution >= 0.6 is 12.2 Å². The molecular formula is C12H18N4S. The van der Waals surface area contributed by atoms with Crippen LogP contribution in [0.2, 0.25) is 0 Å². The van der Waals surface area contributed by atoms with Crippen LogP contribution in [-0.4, -0.2) is 18.1 Å². The van der Waals surface area contributed by atoms with Gasteiger partial charge in [0, 0.05) is 12.7 Å². The number of benzene rings is 1. The van der Waals surface area contributed by atoms with E-state index < -0.39 is 0 Å². The molecule has 0 amide bonds. The van der Waals surface area contributed by atoms with Crippen LogP contribution in [0.5, 0.6) is 0 Å². The highest BCUT2D eigenvalue weighted by atomic mass is 32.1. The minimum Gasteiger partial charge on any atom is -0.359 e. The average molecular weight is 250 g/mol. The van der Waals surface area contributed by atoms with Crippen LogP contribution in [0, 0.1) is 26.2 Å². The highest BCUT2D eigenvalue weighted by Crippen LogP contribution is 2.21. The van der Waals surface area contributed by atoms with E-state index in [1.807, 2.05) is 13.8 Å². The second-order valence-electron chi connectivity index (χ2n) is 3.98. The van der Waals surface area contributed by atoms with E-state index >= 15 is 0 Å². The van der Waals surface area contributed by atoms with Crippen molar-refractivity contribution in [3.8, 4) is 0 Å². The fraction of sp³-hybridized carbons (Fsp3) is 0.333. The molecule has 0 atom stereocenters. The highest BCUT2D eigenvalue weighted by molar-refractivity contribution is 7.80. The fourth-order valence-electron chi connectivity index (χ4n) is 1.70. The second-order valence-corrected chi connectivity index (χ2v) is 4.39. The first-order chi connectivity index (χ1) is 7.93. The molecule has 4 nitrogen and oxygen atoms in total. The van der Waals surface area contributed by atoms with Gasteiger partial charge in [0.25, 0.3) is 0 Å². The van der Waals surface area contributed by atoms with Crippen molar-refractivity contribution in [2.75, 3.05) is 12.4 Å². The van der Waals surface area contributed by atoms with E-state index in [0.717, 1.165) is 16.8 Å². The van der Waals surface area contributed by atoms with E-state index in [2.05, 4.69) is 35.0 Å². The van der Waals surface area contributed by atoms with E-state index in [4.69, 9.17) is 17.6 Å². The van der Waals surface area contributed by atoms with E-state index in [0.29, 0.717) is 5.11 Å². The number of hydrogen-bond acceptors (Lipinski definition) is 2. The molecule has 0 heterocycles. The van der Waals surface area contributed by atoms with Crippen LogP contribution in [-0.2, 0) is 0 Å². The van der Waals surface area contributed by atoms with Crippen LogP contribution in [0.4, 0.5) is 5.69 Å². The van der Waals surface area contributed by atoms with Gasteiger partial charge in [-0.05, 0) is 44.1 Å². The Bertz CT molecular complexity index is 431. The summed E-state index contributed by atoms with van der Waals surface area (Å²) in [6.07, 6.45) is 0. The van der Waals surface area contributed by atoms with E-state index in [-0.39, 0.29) is 5.96 Å². The van der Waals surface area contributed by atoms with Crippen molar-refractivity contribution in [2.45, 2.75) is 20.8 Å². The van der Waals surface area contributed by atoms with Crippen molar-refractivity contribution in [2.24, 2.45) is 0 Å². The minimum atomic E-state index is 0.171. The lowest BCUT2D eigenvalue weighted by atomic mass is 10.1. The van der Waals surface area contributed by atoms with Crippen LogP contribution < -0.4 is 16.0 Å². The molecule has 5 heteroatoms. The summed E-state index contributed by atoms with van der Waals surface area (Å²) in [6.45, 7) is 6.14. The maximum atomic E-state index is 7.43. The molecule has 1 rings (SSSR count). The second kappa shape index (κ2) is 5.63. The average Bonchev–Trinajstić information content (AvgIpc) is 2.23. The standard InChI is InChI=1S/C12H18N4S/c1-7-5-8(2)10(9(3)6-7)15-12(17)16-11(13)14-4/h5-6H,1-4H3,(H4,13,14,15,16,17). The molecule has 1 aromatic rings. The summed E-state index contributed by atoms with van der Waals surface area (Å²) in [5.74, 6) is 0.171. The Morgan fingerprint density at radius 3 is 2.18 bits per heavy atom. The van der Waals surface area contributed by atoms with Crippen molar-refractivity contribution < 1.29 is 0 Å². The molecule has 0 unspecified atom stereocenters. The SMILES string of the molecule is CNC(=N)NC(=S)Nc1c(C)cc(C)cc1C. The van der Waals surface area contributed by atoms with Gasteiger partial charge in [-0.3, -0.25) is 5.41 Å². The van der Waals surface area contributed by atoms with Gasteiger partial charge in [0.15, 0.2) is 11.1 Å². The molecule has 0 aliphatic carbocycles. The number of guanidine groups is 1. The Balaban J connectivity index is 2.82.